The minimum absolute atomic E-state index is 0.370. The lowest BCUT2D eigenvalue weighted by Crippen LogP contribution is -2.24. The standard InChI is InChI=1S/C15H23BrN2/c1-5-9-18(10-6-2)15-8-7-13(11-14(15)16)12(3)17-4/h5,7-8,11-12,17H,1,6,9-10H2,2-4H3. The van der Waals surface area contributed by atoms with Crippen LogP contribution in [0.5, 0.6) is 0 Å². The average molecular weight is 311 g/mol. The molecule has 0 aliphatic rings. The van der Waals surface area contributed by atoms with Crippen LogP contribution in [0.15, 0.2) is 35.3 Å². The fourth-order valence-corrected chi connectivity index (χ4v) is 2.60. The minimum atomic E-state index is 0.370. The van der Waals surface area contributed by atoms with Gasteiger partial charge in [-0.15, -0.1) is 6.58 Å². The van der Waals surface area contributed by atoms with E-state index < -0.39 is 0 Å². The molecule has 0 fully saturated rings. The fraction of sp³-hybridized carbons (Fsp3) is 0.467. The SMILES string of the molecule is C=CCN(CCC)c1ccc(C(C)NC)cc1Br. The summed E-state index contributed by atoms with van der Waals surface area (Å²) >= 11 is 3.68. The van der Waals surface area contributed by atoms with Gasteiger partial charge >= 0.3 is 0 Å². The molecular formula is C15H23BrN2. The van der Waals surface area contributed by atoms with Crippen molar-refractivity contribution in [2.75, 3.05) is 25.0 Å². The van der Waals surface area contributed by atoms with Crippen LogP contribution in [0.4, 0.5) is 5.69 Å². The van der Waals surface area contributed by atoms with Crippen molar-refractivity contribution >= 4 is 21.6 Å². The third kappa shape index (κ3) is 3.85. The van der Waals surface area contributed by atoms with E-state index in [0.29, 0.717) is 6.04 Å². The Morgan fingerprint density at radius 3 is 2.72 bits per heavy atom. The summed E-state index contributed by atoms with van der Waals surface area (Å²) in [6.45, 7) is 10.1. The van der Waals surface area contributed by atoms with Gasteiger partial charge in [0.15, 0.2) is 0 Å². The predicted octanol–water partition coefficient (Wildman–Crippen LogP) is 4.13. The number of rotatable bonds is 7. The quantitative estimate of drug-likeness (QED) is 0.762. The van der Waals surface area contributed by atoms with E-state index in [2.05, 4.69) is 64.8 Å². The fourth-order valence-electron chi connectivity index (χ4n) is 1.95. The summed E-state index contributed by atoms with van der Waals surface area (Å²) < 4.78 is 1.15. The average Bonchev–Trinajstić information content (AvgIpc) is 2.37. The first-order valence-corrected chi connectivity index (χ1v) is 7.25. The number of nitrogens with one attached hydrogen (secondary N) is 1. The molecule has 0 bridgehead atoms. The topological polar surface area (TPSA) is 15.3 Å². The summed E-state index contributed by atoms with van der Waals surface area (Å²) in [5, 5.41) is 3.26. The summed E-state index contributed by atoms with van der Waals surface area (Å²) in [6.07, 6.45) is 3.08. The van der Waals surface area contributed by atoms with Crippen molar-refractivity contribution in [3.8, 4) is 0 Å². The first-order valence-electron chi connectivity index (χ1n) is 6.46. The maximum atomic E-state index is 3.83. The predicted molar refractivity (Wildman–Crippen MR) is 84.3 cm³/mol. The van der Waals surface area contributed by atoms with Crippen LogP contribution in [-0.2, 0) is 0 Å². The first-order chi connectivity index (χ1) is 8.63. The summed E-state index contributed by atoms with van der Waals surface area (Å²) in [5.41, 5.74) is 2.53. The maximum Gasteiger partial charge on any atom is 0.0513 e. The molecular weight excluding hydrogens is 288 g/mol. The molecule has 100 valence electrons. The van der Waals surface area contributed by atoms with Gasteiger partial charge in [0.25, 0.3) is 0 Å². The second kappa shape index (κ2) is 7.59. The van der Waals surface area contributed by atoms with Crippen molar-refractivity contribution in [3.63, 3.8) is 0 Å². The van der Waals surface area contributed by atoms with Crippen molar-refractivity contribution in [1.29, 1.82) is 0 Å². The highest BCUT2D eigenvalue weighted by molar-refractivity contribution is 9.10. The zero-order valence-corrected chi connectivity index (χ0v) is 13.1. The van der Waals surface area contributed by atoms with Crippen LogP contribution in [0.1, 0.15) is 31.9 Å². The number of hydrogen-bond acceptors (Lipinski definition) is 2. The maximum absolute atomic E-state index is 3.83. The van der Waals surface area contributed by atoms with Gasteiger partial charge in [-0.25, -0.2) is 0 Å². The minimum Gasteiger partial charge on any atom is -0.367 e. The molecule has 2 nitrogen and oxygen atoms in total. The highest BCUT2D eigenvalue weighted by atomic mass is 79.9. The molecule has 0 spiro atoms. The molecule has 1 N–H and O–H groups in total. The lowest BCUT2D eigenvalue weighted by atomic mass is 10.1. The molecule has 1 aromatic rings. The number of nitrogens with zero attached hydrogens (tertiary/aromatic N) is 1. The summed E-state index contributed by atoms with van der Waals surface area (Å²) in [7, 11) is 1.98. The van der Waals surface area contributed by atoms with Gasteiger partial charge in [-0.1, -0.05) is 19.1 Å². The summed E-state index contributed by atoms with van der Waals surface area (Å²) in [6, 6.07) is 6.94. The van der Waals surface area contributed by atoms with Crippen molar-refractivity contribution < 1.29 is 0 Å². The first kappa shape index (κ1) is 15.3. The number of benzene rings is 1. The van der Waals surface area contributed by atoms with Gasteiger partial charge < -0.3 is 10.2 Å². The lowest BCUT2D eigenvalue weighted by molar-refractivity contribution is 0.652. The van der Waals surface area contributed by atoms with Crippen molar-refractivity contribution in [2.24, 2.45) is 0 Å². The summed E-state index contributed by atoms with van der Waals surface area (Å²) in [4.78, 5) is 2.34. The third-order valence-corrected chi connectivity index (χ3v) is 3.72. The lowest BCUT2D eigenvalue weighted by Gasteiger charge is -2.25. The molecule has 0 aromatic heterocycles. The normalized spacial score (nSPS) is 12.2. The molecule has 0 aliphatic heterocycles. The second-order valence-corrected chi connectivity index (χ2v) is 5.31. The summed E-state index contributed by atoms with van der Waals surface area (Å²) in [5.74, 6) is 0. The van der Waals surface area contributed by atoms with Gasteiger partial charge in [0.2, 0.25) is 0 Å². The van der Waals surface area contributed by atoms with Crippen LogP contribution in [0.3, 0.4) is 0 Å². The van der Waals surface area contributed by atoms with E-state index in [-0.39, 0.29) is 0 Å². The molecule has 1 atom stereocenters. The largest absolute Gasteiger partial charge is 0.367 e. The van der Waals surface area contributed by atoms with Crippen LogP contribution in [0, 0.1) is 0 Å². The molecule has 1 aromatic carbocycles. The Kier molecular flexibility index (Phi) is 6.44. The molecule has 0 saturated carbocycles. The highest BCUT2D eigenvalue weighted by Gasteiger charge is 2.10. The van der Waals surface area contributed by atoms with E-state index in [1.807, 2.05) is 13.1 Å². The van der Waals surface area contributed by atoms with Gasteiger partial charge in [-0.3, -0.25) is 0 Å². The van der Waals surface area contributed by atoms with Crippen LogP contribution in [-0.4, -0.2) is 20.1 Å². The zero-order chi connectivity index (χ0) is 13.5. The van der Waals surface area contributed by atoms with Gasteiger partial charge in [-0.05, 0) is 54.0 Å². The molecule has 3 heteroatoms. The van der Waals surface area contributed by atoms with Crippen LogP contribution < -0.4 is 10.2 Å². The van der Waals surface area contributed by atoms with Gasteiger partial charge in [-0.2, -0.15) is 0 Å². The monoisotopic (exact) mass is 310 g/mol. The molecule has 0 saturated heterocycles. The second-order valence-electron chi connectivity index (χ2n) is 4.46. The van der Waals surface area contributed by atoms with E-state index in [4.69, 9.17) is 0 Å². The smallest absolute Gasteiger partial charge is 0.0513 e. The van der Waals surface area contributed by atoms with Crippen molar-refractivity contribution in [3.05, 3.63) is 40.9 Å². The Hall–Kier alpha value is -0.800. The number of hydrogen-bond donors (Lipinski definition) is 1. The third-order valence-electron chi connectivity index (χ3n) is 3.09. The molecule has 18 heavy (non-hydrogen) atoms. The molecule has 0 amide bonds. The zero-order valence-electron chi connectivity index (χ0n) is 11.5. The molecule has 1 rings (SSSR count). The van der Waals surface area contributed by atoms with E-state index in [1.54, 1.807) is 0 Å². The van der Waals surface area contributed by atoms with Gasteiger partial charge in [0, 0.05) is 23.6 Å². The Morgan fingerprint density at radius 1 is 1.50 bits per heavy atom. The van der Waals surface area contributed by atoms with Gasteiger partial charge in [0.05, 0.1) is 5.69 Å². The van der Waals surface area contributed by atoms with E-state index >= 15 is 0 Å². The van der Waals surface area contributed by atoms with Crippen LogP contribution in [0.2, 0.25) is 0 Å². The Bertz CT molecular complexity index is 390. The highest BCUT2D eigenvalue weighted by Crippen LogP contribution is 2.29. The van der Waals surface area contributed by atoms with E-state index in [9.17, 15) is 0 Å². The molecule has 0 radical (unpaired) electrons. The van der Waals surface area contributed by atoms with Gasteiger partial charge in [0.1, 0.15) is 0 Å². The van der Waals surface area contributed by atoms with E-state index in [1.165, 1.54) is 11.3 Å². The van der Waals surface area contributed by atoms with E-state index in [0.717, 1.165) is 24.0 Å². The van der Waals surface area contributed by atoms with Crippen molar-refractivity contribution in [2.45, 2.75) is 26.3 Å². The number of anilines is 1. The number of halogens is 1. The Morgan fingerprint density at radius 2 is 2.22 bits per heavy atom. The van der Waals surface area contributed by atoms with Crippen LogP contribution in [0.25, 0.3) is 0 Å². The van der Waals surface area contributed by atoms with Crippen molar-refractivity contribution in [1.82, 2.24) is 5.32 Å². The molecule has 0 heterocycles. The van der Waals surface area contributed by atoms with Crippen LogP contribution >= 0.6 is 15.9 Å². The molecule has 0 aliphatic carbocycles. The molecule has 1 unspecified atom stereocenters. The Balaban J connectivity index is 2.98. The Labute approximate surface area is 119 Å².